The highest BCUT2D eigenvalue weighted by Gasteiger charge is 2.37. The van der Waals surface area contributed by atoms with E-state index in [1.807, 2.05) is 0 Å². The second-order valence-corrected chi connectivity index (χ2v) is 9.57. The Labute approximate surface area is 203 Å². The van der Waals surface area contributed by atoms with Crippen LogP contribution in [0.25, 0.3) is 10.4 Å². The van der Waals surface area contributed by atoms with Gasteiger partial charge in [0.05, 0.1) is 5.56 Å². The first kappa shape index (κ1) is 26.1. The van der Waals surface area contributed by atoms with E-state index in [1.54, 1.807) is 57.2 Å². The predicted molar refractivity (Wildman–Crippen MR) is 124 cm³/mol. The molecule has 0 saturated carbocycles. The molecule has 0 spiro atoms. The second-order valence-electron chi connectivity index (χ2n) is 8.52. The number of hydrogen-bond donors (Lipinski definition) is 1. The Kier molecular flexibility index (Phi) is 7.44. The normalized spacial score (nSPS) is 11.7. The largest absolute Gasteiger partial charge is 0.506 e. The van der Waals surface area contributed by atoms with E-state index < -0.39 is 40.6 Å². The van der Waals surface area contributed by atoms with Crippen molar-refractivity contribution >= 4 is 23.3 Å². The first-order valence-corrected chi connectivity index (χ1v) is 11.2. The smallest absolute Gasteiger partial charge is 0.419 e. The Morgan fingerprint density at radius 3 is 2.20 bits per heavy atom. The number of thiophene rings is 1. The minimum atomic E-state index is -4.85. The van der Waals surface area contributed by atoms with Gasteiger partial charge in [0.15, 0.2) is 5.06 Å². The number of phenols is 1. The number of halogens is 3. The fourth-order valence-electron chi connectivity index (χ4n) is 3.09. The summed E-state index contributed by atoms with van der Waals surface area (Å²) in [6, 6.07) is 12.1. The zero-order valence-corrected chi connectivity index (χ0v) is 20.2. The van der Waals surface area contributed by atoms with Crippen LogP contribution < -0.4 is 9.47 Å². The molecule has 0 saturated heterocycles. The van der Waals surface area contributed by atoms with E-state index in [-0.39, 0.29) is 12.2 Å². The first-order chi connectivity index (χ1) is 16.2. The average Bonchev–Trinajstić information content (AvgIpc) is 3.18. The SMILES string of the molecule is CC(=O)Oc1ccc(-c2ccc(OCc3ccc(C(F)(F)F)c(O)c3C(=O)OC(C)(C)C)cc2)s1. The lowest BCUT2D eigenvalue weighted by molar-refractivity contribution is -0.138. The highest BCUT2D eigenvalue weighted by atomic mass is 32.1. The molecule has 6 nitrogen and oxygen atoms in total. The van der Waals surface area contributed by atoms with Gasteiger partial charge in [0.1, 0.15) is 29.3 Å². The van der Waals surface area contributed by atoms with Crippen molar-refractivity contribution in [3.05, 3.63) is 65.2 Å². The lowest BCUT2D eigenvalue weighted by Gasteiger charge is -2.22. The molecule has 0 radical (unpaired) electrons. The highest BCUT2D eigenvalue weighted by molar-refractivity contribution is 7.17. The molecule has 0 bridgehead atoms. The molecule has 0 unspecified atom stereocenters. The molecule has 1 N–H and O–H groups in total. The molecule has 3 rings (SSSR count). The van der Waals surface area contributed by atoms with E-state index in [1.165, 1.54) is 18.3 Å². The van der Waals surface area contributed by atoms with Crippen molar-refractivity contribution in [3.63, 3.8) is 0 Å². The average molecular weight is 509 g/mol. The van der Waals surface area contributed by atoms with E-state index in [2.05, 4.69) is 0 Å². The lowest BCUT2D eigenvalue weighted by atomic mass is 10.0. The molecular formula is C25H23F3O6S. The number of carbonyl (C=O) groups excluding carboxylic acids is 2. The summed E-state index contributed by atoms with van der Waals surface area (Å²) in [6.45, 7) is 5.73. The van der Waals surface area contributed by atoms with Crippen molar-refractivity contribution in [2.75, 3.05) is 0 Å². The van der Waals surface area contributed by atoms with Crippen molar-refractivity contribution < 1.29 is 42.1 Å². The van der Waals surface area contributed by atoms with Crippen LogP contribution in [0.5, 0.6) is 16.6 Å². The van der Waals surface area contributed by atoms with Gasteiger partial charge in [0, 0.05) is 17.4 Å². The Morgan fingerprint density at radius 1 is 0.971 bits per heavy atom. The summed E-state index contributed by atoms with van der Waals surface area (Å²) in [4.78, 5) is 24.6. The third kappa shape index (κ3) is 6.75. The maximum absolute atomic E-state index is 13.3. The summed E-state index contributed by atoms with van der Waals surface area (Å²) in [5, 5.41) is 10.7. The van der Waals surface area contributed by atoms with Crippen molar-refractivity contribution in [3.8, 4) is 27.0 Å². The van der Waals surface area contributed by atoms with Gasteiger partial charge < -0.3 is 19.3 Å². The molecule has 10 heteroatoms. The van der Waals surface area contributed by atoms with Crippen LogP contribution in [-0.2, 0) is 22.3 Å². The molecule has 1 aromatic heterocycles. The molecule has 2 aromatic carbocycles. The van der Waals surface area contributed by atoms with Crippen LogP contribution in [0, 0.1) is 0 Å². The Balaban J connectivity index is 1.82. The number of aromatic hydroxyl groups is 1. The van der Waals surface area contributed by atoms with E-state index in [0.29, 0.717) is 16.9 Å². The maximum Gasteiger partial charge on any atom is 0.419 e. The predicted octanol–water partition coefficient (Wildman–Crippen LogP) is 6.60. The fraction of sp³-hybridized carbons (Fsp3) is 0.280. The summed E-state index contributed by atoms with van der Waals surface area (Å²) in [6.07, 6.45) is -4.85. The van der Waals surface area contributed by atoms with Crippen molar-refractivity contribution in [1.29, 1.82) is 0 Å². The third-order valence-corrected chi connectivity index (χ3v) is 5.54. The van der Waals surface area contributed by atoms with E-state index in [4.69, 9.17) is 14.2 Å². The molecule has 35 heavy (non-hydrogen) atoms. The minimum absolute atomic E-state index is 0.0399. The fourth-order valence-corrected chi connectivity index (χ4v) is 3.99. The number of phenolic OH excluding ortho intramolecular Hbond substituents is 1. The molecule has 1 heterocycles. The third-order valence-electron chi connectivity index (χ3n) is 4.53. The number of hydrogen-bond acceptors (Lipinski definition) is 7. The molecule has 0 fully saturated rings. The summed E-state index contributed by atoms with van der Waals surface area (Å²) >= 11 is 1.29. The van der Waals surface area contributed by atoms with Crippen molar-refractivity contribution in [2.45, 2.75) is 46.1 Å². The first-order valence-electron chi connectivity index (χ1n) is 10.4. The van der Waals surface area contributed by atoms with Gasteiger partial charge in [-0.15, -0.1) is 0 Å². The van der Waals surface area contributed by atoms with Crippen molar-refractivity contribution in [2.24, 2.45) is 0 Å². The molecule has 0 amide bonds. The quantitative estimate of drug-likeness (QED) is 0.378. The standard InChI is InChI=1S/C25H23F3O6S/c1-14(29)33-20-12-11-19(35-20)15-5-8-17(9-6-15)32-13-16-7-10-18(25(26,27)28)22(30)21(16)23(31)34-24(2,3)4/h5-12,30H,13H2,1-4H3. The zero-order chi connectivity index (χ0) is 26.0. The molecule has 0 aliphatic carbocycles. The maximum atomic E-state index is 13.3. The molecule has 186 valence electrons. The summed E-state index contributed by atoms with van der Waals surface area (Å²) in [5.41, 5.74) is -2.04. The van der Waals surface area contributed by atoms with Gasteiger partial charge in [0.25, 0.3) is 0 Å². The van der Waals surface area contributed by atoms with Gasteiger partial charge in [0.2, 0.25) is 0 Å². The summed E-state index contributed by atoms with van der Waals surface area (Å²) in [5.74, 6) is -2.32. The van der Waals surface area contributed by atoms with Crippen LogP contribution in [0.15, 0.2) is 48.5 Å². The number of benzene rings is 2. The van der Waals surface area contributed by atoms with Crippen LogP contribution >= 0.6 is 11.3 Å². The van der Waals surface area contributed by atoms with E-state index in [9.17, 15) is 27.9 Å². The van der Waals surface area contributed by atoms with Gasteiger partial charge >= 0.3 is 18.1 Å². The number of esters is 2. The monoisotopic (exact) mass is 508 g/mol. The Bertz CT molecular complexity index is 1220. The van der Waals surface area contributed by atoms with Crippen LogP contribution in [0.3, 0.4) is 0 Å². The zero-order valence-electron chi connectivity index (χ0n) is 19.4. The lowest BCUT2D eigenvalue weighted by Crippen LogP contribution is -2.25. The van der Waals surface area contributed by atoms with Crippen LogP contribution in [0.2, 0.25) is 0 Å². The second kappa shape index (κ2) is 9.99. The van der Waals surface area contributed by atoms with Crippen molar-refractivity contribution in [1.82, 2.24) is 0 Å². The van der Waals surface area contributed by atoms with Crippen LogP contribution in [0.1, 0.15) is 49.2 Å². The molecule has 0 atom stereocenters. The Hall–Kier alpha value is -3.53. The molecule has 3 aromatic rings. The van der Waals surface area contributed by atoms with Gasteiger partial charge in [-0.3, -0.25) is 4.79 Å². The van der Waals surface area contributed by atoms with Crippen LogP contribution in [-0.4, -0.2) is 22.6 Å². The van der Waals surface area contributed by atoms with E-state index >= 15 is 0 Å². The van der Waals surface area contributed by atoms with Gasteiger partial charge in [-0.05, 0) is 68.8 Å². The number of carbonyl (C=O) groups is 2. The van der Waals surface area contributed by atoms with Crippen LogP contribution in [0.4, 0.5) is 13.2 Å². The van der Waals surface area contributed by atoms with E-state index in [0.717, 1.165) is 16.5 Å². The molecule has 0 aliphatic heterocycles. The number of alkyl halides is 3. The molecule has 0 aliphatic rings. The number of ether oxygens (including phenoxy) is 3. The molecular weight excluding hydrogens is 485 g/mol. The highest BCUT2D eigenvalue weighted by Crippen LogP contribution is 2.40. The summed E-state index contributed by atoms with van der Waals surface area (Å²) < 4.78 is 55.8. The topological polar surface area (TPSA) is 82.1 Å². The Morgan fingerprint density at radius 2 is 1.63 bits per heavy atom. The minimum Gasteiger partial charge on any atom is -0.506 e. The summed E-state index contributed by atoms with van der Waals surface area (Å²) in [7, 11) is 0. The van der Waals surface area contributed by atoms with Gasteiger partial charge in [-0.2, -0.15) is 13.2 Å². The van der Waals surface area contributed by atoms with Gasteiger partial charge in [-0.1, -0.05) is 17.4 Å². The van der Waals surface area contributed by atoms with Gasteiger partial charge in [-0.25, -0.2) is 4.79 Å². The number of rotatable bonds is 6.